The molecule has 1 saturated carbocycles. The zero-order valence-electron chi connectivity index (χ0n) is 12.3. The van der Waals surface area contributed by atoms with Crippen molar-refractivity contribution in [3.63, 3.8) is 0 Å². The number of nitrogens with one attached hydrogen (secondary N) is 1. The quantitative estimate of drug-likeness (QED) is 0.864. The van der Waals surface area contributed by atoms with E-state index in [0.29, 0.717) is 6.04 Å². The van der Waals surface area contributed by atoms with Crippen molar-refractivity contribution in [3.8, 4) is 0 Å². The Hall–Kier alpha value is -1.34. The summed E-state index contributed by atoms with van der Waals surface area (Å²) in [6.45, 7) is 3.29. The number of benzene rings is 2. The summed E-state index contributed by atoms with van der Waals surface area (Å²) in [5, 5.41) is 6.82. The van der Waals surface area contributed by atoms with Crippen molar-refractivity contribution in [2.24, 2.45) is 5.92 Å². The van der Waals surface area contributed by atoms with Gasteiger partial charge < -0.3 is 5.32 Å². The fourth-order valence-corrected chi connectivity index (χ4v) is 4.06. The zero-order valence-corrected chi connectivity index (χ0v) is 12.3. The Morgan fingerprint density at radius 3 is 2.60 bits per heavy atom. The smallest absolute Gasteiger partial charge is 0.0354 e. The Morgan fingerprint density at radius 1 is 1.10 bits per heavy atom. The van der Waals surface area contributed by atoms with E-state index in [1.54, 1.807) is 22.1 Å². The third-order valence-electron chi connectivity index (χ3n) is 5.29. The van der Waals surface area contributed by atoms with Crippen LogP contribution in [0.3, 0.4) is 0 Å². The van der Waals surface area contributed by atoms with Crippen LogP contribution in [-0.2, 0) is 12.8 Å². The molecule has 2 aliphatic carbocycles. The van der Waals surface area contributed by atoms with E-state index in [1.165, 1.54) is 37.5 Å². The van der Waals surface area contributed by atoms with Gasteiger partial charge in [-0.3, -0.25) is 0 Å². The molecular formula is C19H23N. The monoisotopic (exact) mass is 265 g/mol. The predicted octanol–water partition coefficient (Wildman–Crippen LogP) is 4.39. The Bertz CT molecular complexity index is 629. The summed E-state index contributed by atoms with van der Waals surface area (Å²) in [4.78, 5) is 0. The van der Waals surface area contributed by atoms with Gasteiger partial charge in [0.1, 0.15) is 0 Å². The van der Waals surface area contributed by atoms with Gasteiger partial charge in [-0.05, 0) is 65.6 Å². The van der Waals surface area contributed by atoms with Crippen molar-refractivity contribution in [2.45, 2.75) is 45.1 Å². The summed E-state index contributed by atoms with van der Waals surface area (Å²) < 4.78 is 0. The first-order valence-corrected chi connectivity index (χ1v) is 8.15. The highest BCUT2D eigenvalue weighted by Crippen LogP contribution is 2.42. The first-order valence-electron chi connectivity index (χ1n) is 8.15. The van der Waals surface area contributed by atoms with Gasteiger partial charge in [0.05, 0.1) is 0 Å². The van der Waals surface area contributed by atoms with Crippen LogP contribution in [0.2, 0.25) is 0 Å². The minimum absolute atomic E-state index is 0.554. The van der Waals surface area contributed by atoms with Crippen LogP contribution in [0.25, 0.3) is 10.8 Å². The van der Waals surface area contributed by atoms with Gasteiger partial charge in [0.25, 0.3) is 0 Å². The zero-order chi connectivity index (χ0) is 13.5. The maximum atomic E-state index is 3.75. The van der Waals surface area contributed by atoms with Crippen LogP contribution in [0.1, 0.15) is 48.9 Å². The highest BCUT2D eigenvalue weighted by Gasteiger charge is 2.29. The molecule has 20 heavy (non-hydrogen) atoms. The van der Waals surface area contributed by atoms with E-state index >= 15 is 0 Å². The Labute approximate surface area is 121 Å². The first kappa shape index (κ1) is 12.4. The highest BCUT2D eigenvalue weighted by atomic mass is 14.9. The predicted molar refractivity (Wildman–Crippen MR) is 85.1 cm³/mol. The van der Waals surface area contributed by atoms with Gasteiger partial charge in [-0.25, -0.2) is 0 Å². The third kappa shape index (κ3) is 1.80. The normalized spacial score (nSPS) is 19.2. The topological polar surface area (TPSA) is 12.0 Å². The molecular weight excluding hydrogens is 242 g/mol. The maximum Gasteiger partial charge on any atom is 0.0354 e. The lowest BCUT2D eigenvalue weighted by molar-refractivity contribution is 0.234. The van der Waals surface area contributed by atoms with Crippen LogP contribution in [0.15, 0.2) is 30.3 Å². The minimum atomic E-state index is 0.554. The maximum absolute atomic E-state index is 3.75. The summed E-state index contributed by atoms with van der Waals surface area (Å²) in [7, 11) is 0. The molecule has 0 aromatic heterocycles. The fraction of sp³-hybridized carbons (Fsp3) is 0.474. The first-order chi connectivity index (χ1) is 9.88. The molecule has 0 heterocycles. The third-order valence-corrected chi connectivity index (χ3v) is 5.29. The van der Waals surface area contributed by atoms with Crippen molar-refractivity contribution >= 4 is 10.8 Å². The molecule has 0 spiro atoms. The van der Waals surface area contributed by atoms with Gasteiger partial charge >= 0.3 is 0 Å². The molecule has 4 rings (SSSR count). The largest absolute Gasteiger partial charge is 0.310 e. The molecule has 1 fully saturated rings. The van der Waals surface area contributed by atoms with Gasteiger partial charge in [0.2, 0.25) is 0 Å². The number of rotatable bonds is 4. The summed E-state index contributed by atoms with van der Waals surface area (Å²) in [6, 6.07) is 12.2. The van der Waals surface area contributed by atoms with E-state index in [1.807, 2.05) is 0 Å². The van der Waals surface area contributed by atoms with Crippen molar-refractivity contribution < 1.29 is 0 Å². The summed E-state index contributed by atoms with van der Waals surface area (Å²) in [6.07, 6.45) is 6.64. The van der Waals surface area contributed by atoms with E-state index in [2.05, 4.69) is 42.6 Å². The van der Waals surface area contributed by atoms with Crippen LogP contribution < -0.4 is 5.32 Å². The molecule has 0 bridgehead atoms. The molecule has 104 valence electrons. The van der Waals surface area contributed by atoms with Gasteiger partial charge in [-0.15, -0.1) is 0 Å². The molecule has 0 radical (unpaired) electrons. The van der Waals surface area contributed by atoms with Crippen molar-refractivity contribution in [2.75, 3.05) is 6.54 Å². The van der Waals surface area contributed by atoms with Gasteiger partial charge in [-0.1, -0.05) is 43.7 Å². The Morgan fingerprint density at radius 2 is 1.90 bits per heavy atom. The Kier molecular flexibility index (Phi) is 3.03. The second-order valence-corrected chi connectivity index (χ2v) is 6.38. The molecule has 2 aromatic carbocycles. The molecule has 0 aliphatic heterocycles. The average Bonchev–Trinajstić information content (AvgIpc) is 2.83. The fourth-order valence-electron chi connectivity index (χ4n) is 4.06. The SMILES string of the molecule is CCNC(c1ccc2c3c(cccc13)CC2)C1CCC1. The molecule has 0 saturated heterocycles. The van der Waals surface area contributed by atoms with Crippen molar-refractivity contribution in [3.05, 3.63) is 47.0 Å². The summed E-state index contributed by atoms with van der Waals surface area (Å²) >= 11 is 0. The molecule has 1 atom stereocenters. The van der Waals surface area contributed by atoms with E-state index < -0.39 is 0 Å². The highest BCUT2D eigenvalue weighted by molar-refractivity contribution is 5.93. The second-order valence-electron chi connectivity index (χ2n) is 6.38. The summed E-state index contributed by atoms with van der Waals surface area (Å²) in [5.74, 6) is 0.841. The minimum Gasteiger partial charge on any atom is -0.310 e. The van der Waals surface area contributed by atoms with Crippen LogP contribution >= 0.6 is 0 Å². The van der Waals surface area contributed by atoms with E-state index in [0.717, 1.165) is 12.5 Å². The van der Waals surface area contributed by atoms with Crippen LogP contribution in [0.5, 0.6) is 0 Å². The van der Waals surface area contributed by atoms with Crippen molar-refractivity contribution in [1.82, 2.24) is 5.32 Å². The molecule has 1 nitrogen and oxygen atoms in total. The summed E-state index contributed by atoms with van der Waals surface area (Å²) in [5.41, 5.74) is 4.66. The van der Waals surface area contributed by atoms with Crippen LogP contribution in [0.4, 0.5) is 0 Å². The van der Waals surface area contributed by atoms with Crippen LogP contribution in [0, 0.1) is 5.92 Å². The molecule has 1 unspecified atom stereocenters. The average molecular weight is 265 g/mol. The van der Waals surface area contributed by atoms with Crippen LogP contribution in [-0.4, -0.2) is 6.54 Å². The van der Waals surface area contributed by atoms with Gasteiger partial charge in [0.15, 0.2) is 0 Å². The van der Waals surface area contributed by atoms with Crippen molar-refractivity contribution in [1.29, 1.82) is 0 Å². The number of hydrogen-bond acceptors (Lipinski definition) is 1. The molecule has 1 heteroatoms. The Balaban J connectivity index is 1.86. The molecule has 2 aliphatic rings. The lowest BCUT2D eigenvalue weighted by Gasteiger charge is -2.35. The molecule has 1 N–H and O–H groups in total. The standard InChI is InChI=1S/C19H23N/c1-2-20-19(15-6-3-7-15)17-12-11-14-10-9-13-5-4-8-16(17)18(13)14/h4-5,8,11-12,15,19-20H,2-3,6-7,9-10H2,1H3. The molecule has 2 aromatic rings. The number of hydrogen-bond donors (Lipinski definition) is 1. The molecule has 0 amide bonds. The van der Waals surface area contributed by atoms with E-state index in [4.69, 9.17) is 0 Å². The number of aryl methyl sites for hydroxylation is 2. The lowest BCUT2D eigenvalue weighted by Crippen LogP contribution is -2.32. The van der Waals surface area contributed by atoms with E-state index in [-0.39, 0.29) is 0 Å². The van der Waals surface area contributed by atoms with Gasteiger partial charge in [0, 0.05) is 6.04 Å². The second kappa shape index (κ2) is 4.89. The van der Waals surface area contributed by atoms with Gasteiger partial charge in [-0.2, -0.15) is 0 Å². The van der Waals surface area contributed by atoms with E-state index in [9.17, 15) is 0 Å². The lowest BCUT2D eigenvalue weighted by atomic mass is 9.76.